The van der Waals surface area contributed by atoms with Crippen molar-refractivity contribution >= 4 is 17.0 Å². The molecule has 1 atom stereocenters. The second-order valence-corrected chi connectivity index (χ2v) is 3.70. The number of hydrogen-bond acceptors (Lipinski definition) is 3. The number of pyridine rings is 1. The van der Waals surface area contributed by atoms with Crippen LogP contribution in [0, 0.1) is 0 Å². The number of aliphatic hydroxyl groups excluding tert-OH is 1. The second-order valence-electron chi connectivity index (χ2n) is 3.70. The maximum absolute atomic E-state index is 11.0. The van der Waals surface area contributed by atoms with Crippen molar-refractivity contribution in [2.24, 2.45) is 7.05 Å². The summed E-state index contributed by atoms with van der Waals surface area (Å²) in [5.74, 6) is -0.995. The molecule has 0 spiro atoms. The average Bonchev–Trinajstić information content (AvgIpc) is 2.56. The monoisotopic (exact) mass is 220 g/mol. The molecule has 0 aliphatic heterocycles. The van der Waals surface area contributed by atoms with E-state index in [1.165, 1.54) is 12.3 Å². The van der Waals surface area contributed by atoms with Crippen LogP contribution in [0.5, 0.6) is 0 Å². The van der Waals surface area contributed by atoms with E-state index in [1.54, 1.807) is 24.6 Å². The zero-order valence-corrected chi connectivity index (χ0v) is 9.01. The summed E-state index contributed by atoms with van der Waals surface area (Å²) in [6, 6.07) is 3.16. The molecule has 2 heterocycles. The van der Waals surface area contributed by atoms with Crippen LogP contribution < -0.4 is 0 Å². The van der Waals surface area contributed by atoms with Gasteiger partial charge in [-0.3, -0.25) is 4.98 Å². The highest BCUT2D eigenvalue weighted by atomic mass is 16.4. The zero-order valence-electron chi connectivity index (χ0n) is 9.01. The molecule has 2 aromatic heterocycles. The highest BCUT2D eigenvalue weighted by molar-refractivity contribution is 6.01. The minimum absolute atomic E-state index is 0.194. The Bertz CT molecular complexity index is 558. The number of aryl methyl sites for hydroxylation is 1. The minimum atomic E-state index is -0.995. The van der Waals surface area contributed by atoms with Crippen molar-refractivity contribution in [1.82, 2.24) is 9.55 Å². The van der Waals surface area contributed by atoms with E-state index in [1.807, 2.05) is 0 Å². The Balaban J connectivity index is 2.82. The quantitative estimate of drug-likeness (QED) is 0.800. The van der Waals surface area contributed by atoms with Crippen molar-refractivity contribution in [2.45, 2.75) is 13.0 Å². The van der Waals surface area contributed by atoms with Crippen LogP contribution in [0.4, 0.5) is 0 Å². The van der Waals surface area contributed by atoms with E-state index in [9.17, 15) is 9.90 Å². The van der Waals surface area contributed by atoms with E-state index >= 15 is 0 Å². The van der Waals surface area contributed by atoms with Crippen LogP contribution in [-0.2, 0) is 7.05 Å². The lowest BCUT2D eigenvalue weighted by molar-refractivity contribution is 0.0698. The van der Waals surface area contributed by atoms with Gasteiger partial charge in [0.05, 0.1) is 22.7 Å². The van der Waals surface area contributed by atoms with Crippen LogP contribution >= 0.6 is 0 Å². The zero-order chi connectivity index (χ0) is 11.9. The van der Waals surface area contributed by atoms with Crippen molar-refractivity contribution in [3.63, 3.8) is 0 Å². The molecular formula is C11H12N2O3. The molecule has 0 saturated heterocycles. The molecule has 2 aromatic rings. The van der Waals surface area contributed by atoms with E-state index < -0.39 is 12.1 Å². The molecule has 1 unspecified atom stereocenters. The molecule has 0 radical (unpaired) electrons. The summed E-state index contributed by atoms with van der Waals surface area (Å²) in [5.41, 5.74) is 1.96. The molecule has 0 fully saturated rings. The summed E-state index contributed by atoms with van der Waals surface area (Å²) in [6.45, 7) is 1.63. The average molecular weight is 220 g/mol. The van der Waals surface area contributed by atoms with Crippen LogP contribution in [0.1, 0.15) is 29.1 Å². The van der Waals surface area contributed by atoms with Gasteiger partial charge in [-0.25, -0.2) is 4.79 Å². The first kappa shape index (κ1) is 10.6. The maximum Gasteiger partial charge on any atom is 0.337 e. The van der Waals surface area contributed by atoms with Crippen molar-refractivity contribution in [3.8, 4) is 0 Å². The first-order valence-corrected chi connectivity index (χ1v) is 4.88. The standard InChI is InChI=1S/C11H12N2O3/c1-6(14)9-5-8-10(13(9)2)7(11(15)16)3-4-12-8/h3-6,14H,1-2H3,(H,15,16). The van der Waals surface area contributed by atoms with Gasteiger partial charge in [0.15, 0.2) is 0 Å². The van der Waals surface area contributed by atoms with Gasteiger partial charge in [-0.15, -0.1) is 0 Å². The van der Waals surface area contributed by atoms with Crippen molar-refractivity contribution in [1.29, 1.82) is 0 Å². The SMILES string of the molecule is CC(O)c1cc2nccc(C(=O)O)c2n1C. The molecule has 0 aromatic carbocycles. The molecule has 0 aliphatic carbocycles. The Hall–Kier alpha value is -1.88. The van der Waals surface area contributed by atoms with Gasteiger partial charge in [-0.2, -0.15) is 0 Å². The first-order chi connectivity index (χ1) is 7.52. The van der Waals surface area contributed by atoms with Crippen LogP contribution in [-0.4, -0.2) is 25.7 Å². The van der Waals surface area contributed by atoms with Gasteiger partial charge < -0.3 is 14.8 Å². The summed E-state index contributed by atoms with van der Waals surface area (Å²) in [5, 5.41) is 18.6. The number of hydrogen-bond donors (Lipinski definition) is 2. The third kappa shape index (κ3) is 1.45. The van der Waals surface area contributed by atoms with Gasteiger partial charge in [0.2, 0.25) is 0 Å². The van der Waals surface area contributed by atoms with Crippen LogP contribution in [0.25, 0.3) is 11.0 Å². The molecular weight excluding hydrogens is 208 g/mol. The van der Waals surface area contributed by atoms with E-state index in [0.717, 1.165) is 0 Å². The Labute approximate surface area is 92.0 Å². The summed E-state index contributed by atoms with van der Waals surface area (Å²) >= 11 is 0. The number of rotatable bonds is 2. The predicted molar refractivity (Wildman–Crippen MR) is 58.3 cm³/mol. The third-order valence-corrected chi connectivity index (χ3v) is 2.62. The van der Waals surface area contributed by atoms with Crippen molar-refractivity contribution in [2.75, 3.05) is 0 Å². The molecule has 16 heavy (non-hydrogen) atoms. The first-order valence-electron chi connectivity index (χ1n) is 4.88. The van der Waals surface area contributed by atoms with E-state index in [0.29, 0.717) is 16.7 Å². The van der Waals surface area contributed by atoms with Gasteiger partial charge in [-0.1, -0.05) is 0 Å². The molecule has 84 valence electrons. The maximum atomic E-state index is 11.0. The number of fused-ring (bicyclic) bond motifs is 1. The predicted octanol–water partition coefficient (Wildman–Crippen LogP) is 1.32. The number of aromatic carboxylic acids is 1. The Morgan fingerprint density at radius 2 is 2.25 bits per heavy atom. The van der Waals surface area contributed by atoms with Gasteiger partial charge >= 0.3 is 5.97 Å². The Morgan fingerprint density at radius 3 is 2.81 bits per heavy atom. The van der Waals surface area contributed by atoms with Crippen molar-refractivity contribution in [3.05, 3.63) is 29.6 Å². The van der Waals surface area contributed by atoms with Crippen LogP contribution in [0.15, 0.2) is 18.3 Å². The lowest BCUT2D eigenvalue weighted by Crippen LogP contribution is -2.04. The third-order valence-electron chi connectivity index (χ3n) is 2.62. The van der Waals surface area contributed by atoms with E-state index in [2.05, 4.69) is 4.98 Å². The summed E-state index contributed by atoms with van der Waals surface area (Å²) in [6.07, 6.45) is 0.804. The Morgan fingerprint density at radius 1 is 1.56 bits per heavy atom. The van der Waals surface area contributed by atoms with Gasteiger partial charge in [0, 0.05) is 18.9 Å². The second kappa shape index (κ2) is 3.61. The topological polar surface area (TPSA) is 75.3 Å². The number of aliphatic hydroxyl groups is 1. The highest BCUT2D eigenvalue weighted by Crippen LogP contribution is 2.24. The van der Waals surface area contributed by atoms with Gasteiger partial charge in [0.25, 0.3) is 0 Å². The lowest BCUT2D eigenvalue weighted by Gasteiger charge is -2.07. The molecule has 5 heteroatoms. The fraction of sp³-hybridized carbons (Fsp3) is 0.273. The summed E-state index contributed by atoms with van der Waals surface area (Å²) in [4.78, 5) is 15.1. The molecule has 0 aliphatic rings. The molecule has 5 nitrogen and oxygen atoms in total. The number of nitrogens with zero attached hydrogens (tertiary/aromatic N) is 2. The number of carbonyl (C=O) groups is 1. The van der Waals surface area contributed by atoms with Gasteiger partial charge in [0.1, 0.15) is 0 Å². The smallest absolute Gasteiger partial charge is 0.337 e. The molecule has 2 rings (SSSR count). The summed E-state index contributed by atoms with van der Waals surface area (Å²) in [7, 11) is 1.72. The summed E-state index contributed by atoms with van der Waals surface area (Å²) < 4.78 is 1.66. The largest absolute Gasteiger partial charge is 0.478 e. The van der Waals surface area contributed by atoms with Crippen LogP contribution in [0.2, 0.25) is 0 Å². The van der Waals surface area contributed by atoms with E-state index in [4.69, 9.17) is 5.11 Å². The van der Waals surface area contributed by atoms with Crippen molar-refractivity contribution < 1.29 is 15.0 Å². The molecule has 0 bridgehead atoms. The molecule has 0 amide bonds. The van der Waals surface area contributed by atoms with Crippen LogP contribution in [0.3, 0.4) is 0 Å². The van der Waals surface area contributed by atoms with Gasteiger partial charge in [-0.05, 0) is 19.1 Å². The number of carboxylic acids is 1. The fourth-order valence-electron chi connectivity index (χ4n) is 1.87. The Kier molecular flexibility index (Phi) is 2.40. The fourth-order valence-corrected chi connectivity index (χ4v) is 1.87. The molecule has 0 saturated carbocycles. The lowest BCUT2D eigenvalue weighted by atomic mass is 10.2. The highest BCUT2D eigenvalue weighted by Gasteiger charge is 2.16. The minimum Gasteiger partial charge on any atom is -0.478 e. The number of carboxylic acid groups (broad SMARTS) is 1. The molecule has 2 N–H and O–H groups in total. The number of aromatic nitrogens is 2. The normalized spacial score (nSPS) is 12.9. The van der Waals surface area contributed by atoms with E-state index in [-0.39, 0.29) is 5.56 Å².